The number of nitrogens with zero attached hydrogens (tertiary/aromatic N) is 1. The van der Waals surface area contributed by atoms with Crippen molar-refractivity contribution in [2.45, 2.75) is 25.4 Å². The molecule has 4 heteroatoms. The van der Waals surface area contributed by atoms with Gasteiger partial charge in [0.15, 0.2) is 0 Å². The molecule has 1 rings (SSSR count). The normalized spacial score (nSPS) is 27.1. The molecule has 0 saturated carbocycles. The predicted octanol–water partition coefficient (Wildman–Crippen LogP) is 1.14. The van der Waals surface area contributed by atoms with Crippen LogP contribution in [0.5, 0.6) is 0 Å². The van der Waals surface area contributed by atoms with Gasteiger partial charge in [0.25, 0.3) is 0 Å². The fourth-order valence-corrected chi connectivity index (χ4v) is 1.84. The molecule has 0 aromatic carbocycles. The molecule has 13 heavy (non-hydrogen) atoms. The zero-order valence-electron chi connectivity index (χ0n) is 7.87. The number of likely N-dealkylation sites (tertiary alicyclic amines) is 1. The first-order valence-electron chi connectivity index (χ1n) is 4.64. The standard InChI is InChI=1S/C9H16FNO2/c1-11-4-2-3-7(6-11)8(10)5-9(12)13/h7-8H,2-6H2,1H3,(H,12,13). The Bertz CT molecular complexity index is 186. The summed E-state index contributed by atoms with van der Waals surface area (Å²) >= 11 is 0. The van der Waals surface area contributed by atoms with E-state index in [0.717, 1.165) is 19.4 Å². The van der Waals surface area contributed by atoms with Crippen LogP contribution in [0.25, 0.3) is 0 Å². The van der Waals surface area contributed by atoms with E-state index in [0.29, 0.717) is 6.54 Å². The Labute approximate surface area is 77.5 Å². The number of piperidine rings is 1. The van der Waals surface area contributed by atoms with Crippen LogP contribution in [0.2, 0.25) is 0 Å². The molecule has 0 aromatic heterocycles. The van der Waals surface area contributed by atoms with Crippen LogP contribution in [0.3, 0.4) is 0 Å². The van der Waals surface area contributed by atoms with Gasteiger partial charge in [-0.2, -0.15) is 0 Å². The van der Waals surface area contributed by atoms with E-state index in [4.69, 9.17) is 5.11 Å². The molecule has 1 aliphatic rings. The summed E-state index contributed by atoms with van der Waals surface area (Å²) in [6.07, 6.45) is 0.263. The molecule has 1 heterocycles. The molecule has 0 aliphatic carbocycles. The quantitative estimate of drug-likeness (QED) is 0.723. The van der Waals surface area contributed by atoms with Crippen molar-refractivity contribution < 1.29 is 14.3 Å². The van der Waals surface area contributed by atoms with Crippen molar-refractivity contribution in [3.8, 4) is 0 Å². The SMILES string of the molecule is CN1CCCC(C(F)CC(=O)O)C1. The minimum atomic E-state index is -1.18. The molecule has 0 bridgehead atoms. The monoisotopic (exact) mass is 189 g/mol. The molecule has 0 aromatic rings. The number of hydrogen-bond donors (Lipinski definition) is 1. The fourth-order valence-electron chi connectivity index (χ4n) is 1.84. The third-order valence-electron chi connectivity index (χ3n) is 2.54. The van der Waals surface area contributed by atoms with Crippen LogP contribution in [0.1, 0.15) is 19.3 Å². The van der Waals surface area contributed by atoms with Crippen LogP contribution >= 0.6 is 0 Å². The third kappa shape index (κ3) is 3.30. The first kappa shape index (κ1) is 10.4. The highest BCUT2D eigenvalue weighted by molar-refractivity contribution is 5.67. The first-order chi connectivity index (χ1) is 6.09. The van der Waals surface area contributed by atoms with Crippen molar-refractivity contribution in [1.29, 1.82) is 0 Å². The number of carbonyl (C=O) groups is 1. The van der Waals surface area contributed by atoms with Gasteiger partial charge in [0.1, 0.15) is 6.17 Å². The summed E-state index contributed by atoms with van der Waals surface area (Å²) in [6.45, 7) is 1.69. The van der Waals surface area contributed by atoms with E-state index in [-0.39, 0.29) is 12.3 Å². The Morgan fingerprint density at radius 1 is 1.77 bits per heavy atom. The Morgan fingerprint density at radius 3 is 3.00 bits per heavy atom. The Hall–Kier alpha value is -0.640. The second kappa shape index (κ2) is 4.56. The van der Waals surface area contributed by atoms with E-state index in [1.807, 2.05) is 7.05 Å². The topological polar surface area (TPSA) is 40.5 Å². The zero-order valence-corrected chi connectivity index (χ0v) is 7.87. The number of aliphatic carboxylic acids is 1. The van der Waals surface area contributed by atoms with Gasteiger partial charge in [-0.15, -0.1) is 0 Å². The van der Waals surface area contributed by atoms with Crippen LogP contribution in [-0.4, -0.2) is 42.3 Å². The number of alkyl halides is 1. The highest BCUT2D eigenvalue weighted by atomic mass is 19.1. The Morgan fingerprint density at radius 2 is 2.46 bits per heavy atom. The highest BCUT2D eigenvalue weighted by Crippen LogP contribution is 2.22. The van der Waals surface area contributed by atoms with Gasteiger partial charge in [0.05, 0.1) is 6.42 Å². The van der Waals surface area contributed by atoms with E-state index in [1.54, 1.807) is 0 Å². The second-order valence-electron chi connectivity index (χ2n) is 3.78. The summed E-state index contributed by atoms with van der Waals surface area (Å²) in [7, 11) is 1.94. The van der Waals surface area contributed by atoms with Crippen molar-refractivity contribution in [2.75, 3.05) is 20.1 Å². The fraction of sp³-hybridized carbons (Fsp3) is 0.889. The lowest BCUT2D eigenvalue weighted by atomic mass is 9.92. The predicted molar refractivity (Wildman–Crippen MR) is 47.4 cm³/mol. The first-order valence-corrected chi connectivity index (χ1v) is 4.64. The smallest absolute Gasteiger partial charge is 0.306 e. The Balaban J connectivity index is 2.36. The molecule has 1 aliphatic heterocycles. The molecule has 1 N–H and O–H groups in total. The molecule has 1 fully saturated rings. The summed E-state index contributed by atoms with van der Waals surface area (Å²) in [6, 6.07) is 0. The molecule has 3 nitrogen and oxygen atoms in total. The van der Waals surface area contributed by atoms with Crippen molar-refractivity contribution >= 4 is 5.97 Å². The lowest BCUT2D eigenvalue weighted by molar-refractivity contribution is -0.139. The summed E-state index contributed by atoms with van der Waals surface area (Å²) in [5.74, 6) is -1.13. The maximum Gasteiger partial charge on any atom is 0.306 e. The van der Waals surface area contributed by atoms with Crippen LogP contribution < -0.4 is 0 Å². The van der Waals surface area contributed by atoms with Crippen LogP contribution in [0, 0.1) is 5.92 Å². The van der Waals surface area contributed by atoms with Gasteiger partial charge in [-0.25, -0.2) is 4.39 Å². The van der Waals surface area contributed by atoms with Crippen LogP contribution in [0.4, 0.5) is 4.39 Å². The zero-order chi connectivity index (χ0) is 9.84. The average Bonchev–Trinajstić information content (AvgIpc) is 2.03. The van der Waals surface area contributed by atoms with Gasteiger partial charge in [-0.05, 0) is 26.4 Å². The maximum atomic E-state index is 13.3. The number of carboxylic acids is 1. The van der Waals surface area contributed by atoms with Crippen molar-refractivity contribution in [3.05, 3.63) is 0 Å². The molecule has 0 amide bonds. The van der Waals surface area contributed by atoms with Crippen molar-refractivity contribution in [2.24, 2.45) is 5.92 Å². The van der Waals surface area contributed by atoms with E-state index in [2.05, 4.69) is 4.90 Å². The highest BCUT2D eigenvalue weighted by Gasteiger charge is 2.27. The van der Waals surface area contributed by atoms with E-state index in [1.165, 1.54) is 0 Å². The minimum absolute atomic E-state index is 0.0881. The number of hydrogen-bond acceptors (Lipinski definition) is 2. The number of halogens is 1. The summed E-state index contributed by atoms with van der Waals surface area (Å²) in [4.78, 5) is 12.3. The number of rotatable bonds is 3. The molecule has 2 unspecified atom stereocenters. The van der Waals surface area contributed by atoms with Crippen LogP contribution in [0.15, 0.2) is 0 Å². The molecule has 2 atom stereocenters. The van der Waals surface area contributed by atoms with E-state index < -0.39 is 12.1 Å². The lowest BCUT2D eigenvalue weighted by Crippen LogP contribution is -2.37. The molecule has 76 valence electrons. The summed E-state index contributed by atoms with van der Waals surface area (Å²) < 4.78 is 13.3. The molecular weight excluding hydrogens is 173 g/mol. The second-order valence-corrected chi connectivity index (χ2v) is 3.78. The van der Waals surface area contributed by atoms with Crippen molar-refractivity contribution in [1.82, 2.24) is 4.90 Å². The average molecular weight is 189 g/mol. The van der Waals surface area contributed by atoms with Gasteiger partial charge < -0.3 is 10.0 Å². The van der Waals surface area contributed by atoms with Crippen LogP contribution in [-0.2, 0) is 4.79 Å². The molecule has 0 radical (unpaired) electrons. The molecular formula is C9H16FNO2. The third-order valence-corrected chi connectivity index (χ3v) is 2.54. The summed E-state index contributed by atoms with van der Waals surface area (Å²) in [5, 5.41) is 8.43. The number of carboxylic acid groups (broad SMARTS) is 1. The maximum absolute atomic E-state index is 13.3. The van der Waals surface area contributed by atoms with Crippen molar-refractivity contribution in [3.63, 3.8) is 0 Å². The van der Waals surface area contributed by atoms with Gasteiger partial charge in [0, 0.05) is 12.5 Å². The Kier molecular flexibility index (Phi) is 3.66. The minimum Gasteiger partial charge on any atom is -0.481 e. The molecule has 0 spiro atoms. The largest absolute Gasteiger partial charge is 0.481 e. The van der Waals surface area contributed by atoms with Gasteiger partial charge in [-0.3, -0.25) is 4.79 Å². The van der Waals surface area contributed by atoms with E-state index >= 15 is 0 Å². The summed E-state index contributed by atoms with van der Waals surface area (Å²) in [5.41, 5.74) is 0. The lowest BCUT2D eigenvalue weighted by Gasteiger charge is -2.31. The van der Waals surface area contributed by atoms with Gasteiger partial charge >= 0.3 is 5.97 Å². The van der Waals surface area contributed by atoms with Gasteiger partial charge in [0.2, 0.25) is 0 Å². The molecule has 1 saturated heterocycles. The van der Waals surface area contributed by atoms with Gasteiger partial charge in [-0.1, -0.05) is 0 Å². The van der Waals surface area contributed by atoms with E-state index in [9.17, 15) is 9.18 Å².